The molecule has 0 saturated heterocycles. The maximum absolute atomic E-state index is 4.90. The van der Waals surface area contributed by atoms with Gasteiger partial charge >= 0.3 is 10.0 Å². The molecule has 3 heteroatoms. The Morgan fingerprint density at radius 1 is 0.833 bits per heavy atom. The molecular weight excluding hydrogens is 240 g/mol. The number of benzene rings is 2. The lowest BCUT2D eigenvalue weighted by Gasteiger charge is -1.98. The highest BCUT2D eigenvalue weighted by molar-refractivity contribution is 6.17. The van der Waals surface area contributed by atoms with Gasteiger partial charge in [-0.1, -0.05) is 60.7 Å². The minimum Gasteiger partial charge on any atom is -0.402 e. The van der Waals surface area contributed by atoms with Gasteiger partial charge in [-0.15, -0.1) is 0 Å². The molecule has 0 unspecified atom stereocenters. The first-order chi connectivity index (χ1) is 8.88. The molecule has 0 bridgehead atoms. The Labute approximate surface area is 112 Å². The highest BCUT2D eigenvalue weighted by Crippen LogP contribution is 2.17. The zero-order chi connectivity index (χ0) is 13.1. The third-order valence-corrected chi connectivity index (χ3v) is 3.10. The Morgan fingerprint density at radius 3 is 1.56 bits per heavy atom. The highest BCUT2D eigenvalue weighted by Gasteiger charge is 1.91. The van der Waals surface area contributed by atoms with E-state index in [4.69, 9.17) is 8.85 Å². The molecule has 0 radical (unpaired) electrons. The summed E-state index contributed by atoms with van der Waals surface area (Å²) in [6.45, 7) is 2.76. The second kappa shape index (κ2) is 9.59. The Bertz CT molecular complexity index is 362. The molecular formula is C15H20O2Si. The minimum absolute atomic E-state index is 0.578. The summed E-state index contributed by atoms with van der Waals surface area (Å²) in [5, 5.41) is 0. The van der Waals surface area contributed by atoms with Crippen molar-refractivity contribution in [2.45, 2.75) is 6.92 Å². The molecule has 0 saturated carbocycles. The first kappa shape index (κ1) is 14.6. The van der Waals surface area contributed by atoms with E-state index in [1.165, 1.54) is 11.1 Å². The Hall–Kier alpha value is -1.42. The predicted molar refractivity (Wildman–Crippen MR) is 79.1 cm³/mol. The van der Waals surface area contributed by atoms with Crippen molar-refractivity contribution in [3.8, 4) is 11.1 Å². The molecule has 0 aliphatic rings. The largest absolute Gasteiger partial charge is 0.402 e. The van der Waals surface area contributed by atoms with Gasteiger partial charge in [-0.25, -0.2) is 0 Å². The van der Waals surface area contributed by atoms with Crippen molar-refractivity contribution < 1.29 is 8.85 Å². The third-order valence-electron chi connectivity index (χ3n) is 2.29. The molecule has 0 fully saturated rings. The molecule has 0 aliphatic carbocycles. The van der Waals surface area contributed by atoms with Crippen LogP contribution in [0.1, 0.15) is 6.92 Å². The first-order valence-electron chi connectivity index (χ1n) is 6.05. The fourth-order valence-corrected chi connectivity index (χ4v) is 1.76. The van der Waals surface area contributed by atoms with Crippen LogP contribution in [0.2, 0.25) is 0 Å². The summed E-state index contributed by atoms with van der Waals surface area (Å²) in [6.07, 6.45) is 0. The fourth-order valence-electron chi connectivity index (χ4n) is 1.43. The maximum Gasteiger partial charge on any atom is 0.304 e. The molecule has 18 heavy (non-hydrogen) atoms. The van der Waals surface area contributed by atoms with Crippen molar-refractivity contribution in [2.24, 2.45) is 0 Å². The maximum atomic E-state index is 4.90. The Kier molecular flexibility index (Phi) is 7.80. The lowest BCUT2D eigenvalue weighted by Crippen LogP contribution is -1.98. The standard InChI is InChI=1S/C12H10.C3H10O2Si/c1-3-7-11(8-4-1)12-9-5-2-6-10-12;1-3-5-6-4-2/h1-10H;3,6H2,1-2H3. The van der Waals surface area contributed by atoms with Crippen LogP contribution in [0.25, 0.3) is 11.1 Å². The van der Waals surface area contributed by atoms with Crippen molar-refractivity contribution in [1.82, 2.24) is 0 Å². The summed E-state index contributed by atoms with van der Waals surface area (Å²) >= 11 is 0. The van der Waals surface area contributed by atoms with Gasteiger partial charge in [0.05, 0.1) is 0 Å². The smallest absolute Gasteiger partial charge is 0.304 e. The van der Waals surface area contributed by atoms with Crippen LogP contribution in [-0.4, -0.2) is 23.7 Å². The number of rotatable bonds is 4. The van der Waals surface area contributed by atoms with Gasteiger partial charge in [0, 0.05) is 13.7 Å². The second-order valence-electron chi connectivity index (χ2n) is 3.63. The molecule has 0 amide bonds. The van der Waals surface area contributed by atoms with E-state index in [1.807, 2.05) is 19.1 Å². The van der Waals surface area contributed by atoms with Gasteiger partial charge in [0.25, 0.3) is 0 Å². The van der Waals surface area contributed by atoms with Gasteiger partial charge in [-0.3, -0.25) is 0 Å². The second-order valence-corrected chi connectivity index (χ2v) is 4.85. The van der Waals surface area contributed by atoms with Gasteiger partial charge in [-0.2, -0.15) is 0 Å². The molecule has 2 aromatic carbocycles. The summed E-state index contributed by atoms with van der Waals surface area (Å²) in [5.41, 5.74) is 2.55. The molecule has 0 aliphatic heterocycles. The van der Waals surface area contributed by atoms with Crippen LogP contribution < -0.4 is 0 Å². The normalized spacial score (nSPS) is 10.1. The van der Waals surface area contributed by atoms with Crippen LogP contribution in [0.3, 0.4) is 0 Å². The molecule has 0 N–H and O–H groups in total. The fraction of sp³-hybridized carbons (Fsp3) is 0.200. The van der Waals surface area contributed by atoms with Crippen LogP contribution in [0.15, 0.2) is 60.7 Å². The van der Waals surface area contributed by atoms with Crippen LogP contribution in [0.4, 0.5) is 0 Å². The van der Waals surface area contributed by atoms with Crippen LogP contribution in [0.5, 0.6) is 0 Å². The number of hydrogen-bond acceptors (Lipinski definition) is 2. The zero-order valence-corrected chi connectivity index (χ0v) is 12.4. The summed E-state index contributed by atoms with van der Waals surface area (Å²) in [6, 6.07) is 20.8. The Balaban J connectivity index is 0.000000232. The monoisotopic (exact) mass is 260 g/mol. The number of hydrogen-bond donors (Lipinski definition) is 0. The van der Waals surface area contributed by atoms with E-state index in [1.54, 1.807) is 7.11 Å². The van der Waals surface area contributed by atoms with E-state index in [0.29, 0.717) is 0 Å². The molecule has 2 aromatic rings. The first-order valence-corrected chi connectivity index (χ1v) is 7.21. The van der Waals surface area contributed by atoms with E-state index in [9.17, 15) is 0 Å². The summed E-state index contributed by atoms with van der Waals surface area (Å²) in [5.74, 6) is 0. The quantitative estimate of drug-likeness (QED) is 0.621. The molecule has 0 atom stereocenters. The van der Waals surface area contributed by atoms with Crippen LogP contribution >= 0.6 is 0 Å². The van der Waals surface area contributed by atoms with E-state index >= 15 is 0 Å². The van der Waals surface area contributed by atoms with Crippen molar-refractivity contribution >= 4 is 10.0 Å². The lowest BCUT2D eigenvalue weighted by atomic mass is 10.1. The highest BCUT2D eigenvalue weighted by atomic mass is 28.3. The van der Waals surface area contributed by atoms with E-state index in [0.717, 1.165) is 6.61 Å². The lowest BCUT2D eigenvalue weighted by molar-refractivity contribution is 0.269. The van der Waals surface area contributed by atoms with Crippen molar-refractivity contribution in [3.05, 3.63) is 60.7 Å². The molecule has 0 spiro atoms. The summed E-state index contributed by atoms with van der Waals surface area (Å²) < 4.78 is 9.60. The average molecular weight is 260 g/mol. The van der Waals surface area contributed by atoms with Gasteiger partial charge in [0.2, 0.25) is 0 Å². The van der Waals surface area contributed by atoms with Gasteiger partial charge < -0.3 is 8.85 Å². The minimum atomic E-state index is -0.578. The van der Waals surface area contributed by atoms with E-state index < -0.39 is 10.0 Å². The van der Waals surface area contributed by atoms with E-state index in [2.05, 4.69) is 48.5 Å². The Morgan fingerprint density at radius 2 is 1.28 bits per heavy atom. The molecule has 0 aromatic heterocycles. The average Bonchev–Trinajstić information content (AvgIpc) is 2.48. The third kappa shape index (κ3) is 5.77. The SMILES string of the molecule is CCO[SiH2]OC.c1ccc(-c2ccccc2)cc1. The predicted octanol–water partition coefficient (Wildman–Crippen LogP) is 3.02. The van der Waals surface area contributed by atoms with Crippen molar-refractivity contribution in [3.63, 3.8) is 0 Å². The molecule has 96 valence electrons. The molecule has 0 heterocycles. The van der Waals surface area contributed by atoms with Crippen molar-refractivity contribution in [1.29, 1.82) is 0 Å². The van der Waals surface area contributed by atoms with Crippen LogP contribution in [0, 0.1) is 0 Å². The van der Waals surface area contributed by atoms with E-state index in [-0.39, 0.29) is 0 Å². The summed E-state index contributed by atoms with van der Waals surface area (Å²) in [7, 11) is 1.09. The molecule has 2 nitrogen and oxygen atoms in total. The molecule has 2 rings (SSSR count). The van der Waals surface area contributed by atoms with Gasteiger partial charge in [0.15, 0.2) is 0 Å². The topological polar surface area (TPSA) is 18.5 Å². The zero-order valence-electron chi connectivity index (χ0n) is 11.0. The van der Waals surface area contributed by atoms with Gasteiger partial charge in [-0.05, 0) is 18.1 Å². The van der Waals surface area contributed by atoms with Gasteiger partial charge in [0.1, 0.15) is 0 Å². The van der Waals surface area contributed by atoms with Crippen LogP contribution in [-0.2, 0) is 8.85 Å². The summed E-state index contributed by atoms with van der Waals surface area (Å²) in [4.78, 5) is 0. The van der Waals surface area contributed by atoms with Crippen molar-refractivity contribution in [2.75, 3.05) is 13.7 Å².